The molecule has 1 atom stereocenters. The number of Topliss-reactive ketones (excluding diaryl/α,β-unsaturated/α-hetero) is 2. The number of carbonyl (C=O) groups is 4. The molecule has 0 spiro atoms. The van der Waals surface area contributed by atoms with E-state index >= 15 is 0 Å². The first-order valence-corrected chi connectivity index (χ1v) is 9.38. The van der Waals surface area contributed by atoms with Gasteiger partial charge in [0.25, 0.3) is 0 Å². The van der Waals surface area contributed by atoms with E-state index in [0.29, 0.717) is 0 Å². The molecule has 0 aliphatic carbocycles. The highest BCUT2D eigenvalue weighted by Crippen LogP contribution is 2.34. The number of carbonyl (C=O) groups excluding carboxylic acids is 4. The molecular weight excluding hydrogens is 386 g/mol. The zero-order chi connectivity index (χ0) is 21.5. The zero-order valence-corrected chi connectivity index (χ0v) is 17.6. The van der Waals surface area contributed by atoms with Gasteiger partial charge >= 0.3 is 11.9 Å². The number of rotatable bonds is 9. The highest BCUT2D eigenvalue weighted by Gasteiger charge is 2.52. The van der Waals surface area contributed by atoms with Crippen LogP contribution in [0.1, 0.15) is 64.2 Å². The van der Waals surface area contributed by atoms with Gasteiger partial charge in [-0.15, -0.1) is 0 Å². The van der Waals surface area contributed by atoms with Gasteiger partial charge < -0.3 is 9.47 Å². The normalized spacial score (nSPS) is 13.4. The van der Waals surface area contributed by atoms with E-state index in [1.165, 1.54) is 18.3 Å². The molecule has 1 aromatic heterocycles. The predicted molar refractivity (Wildman–Crippen MR) is 103 cm³/mol. The number of nitrogens with zero attached hydrogens (tertiary/aromatic N) is 1. The average Bonchev–Trinajstić information content (AvgIpc) is 2.56. The van der Waals surface area contributed by atoms with Crippen molar-refractivity contribution in [3.8, 4) is 0 Å². The predicted octanol–water partition coefficient (Wildman–Crippen LogP) is 3.57. The summed E-state index contributed by atoms with van der Waals surface area (Å²) in [4.78, 5) is 54.3. The molecule has 28 heavy (non-hydrogen) atoms. The summed E-state index contributed by atoms with van der Waals surface area (Å²) < 4.78 is 10.3. The van der Waals surface area contributed by atoms with E-state index in [2.05, 4.69) is 4.98 Å². The third-order valence-corrected chi connectivity index (χ3v) is 4.17. The summed E-state index contributed by atoms with van der Waals surface area (Å²) in [7, 11) is 0. The molecule has 0 bridgehead atoms. The average molecular weight is 412 g/mol. The first-order chi connectivity index (χ1) is 12.9. The van der Waals surface area contributed by atoms with Gasteiger partial charge in [0.05, 0.1) is 6.61 Å². The Labute approximate surface area is 169 Å². The van der Waals surface area contributed by atoms with Crippen molar-refractivity contribution >= 4 is 35.1 Å². The van der Waals surface area contributed by atoms with Crippen LogP contribution in [0, 0.1) is 5.41 Å². The maximum absolute atomic E-state index is 13.3. The lowest BCUT2D eigenvalue weighted by atomic mass is 9.73. The van der Waals surface area contributed by atoms with Crippen LogP contribution in [0.2, 0.25) is 5.15 Å². The molecule has 0 amide bonds. The molecule has 8 heteroatoms. The molecule has 0 radical (unpaired) electrons. The molecule has 0 aliphatic rings. The van der Waals surface area contributed by atoms with Gasteiger partial charge in [0.15, 0.2) is 17.0 Å². The summed E-state index contributed by atoms with van der Waals surface area (Å²) in [5.74, 6) is -2.82. The topological polar surface area (TPSA) is 99.6 Å². The van der Waals surface area contributed by atoms with Crippen LogP contribution in [0.5, 0.6) is 0 Å². The summed E-state index contributed by atoms with van der Waals surface area (Å²) in [5.41, 5.74) is -2.92. The van der Waals surface area contributed by atoms with Gasteiger partial charge in [-0.05, 0) is 59.6 Å². The van der Waals surface area contributed by atoms with Crippen LogP contribution in [-0.2, 0) is 23.9 Å². The minimum Gasteiger partial charge on any atom is -0.466 e. The lowest BCUT2D eigenvalue weighted by Crippen LogP contribution is -2.48. The van der Waals surface area contributed by atoms with E-state index in [-0.39, 0.29) is 36.6 Å². The maximum atomic E-state index is 13.3. The molecule has 0 fully saturated rings. The highest BCUT2D eigenvalue weighted by molar-refractivity contribution is 6.31. The van der Waals surface area contributed by atoms with Crippen molar-refractivity contribution in [2.45, 2.75) is 59.5 Å². The van der Waals surface area contributed by atoms with E-state index in [0.717, 1.165) is 6.92 Å². The maximum Gasteiger partial charge on any atom is 0.328 e. The van der Waals surface area contributed by atoms with E-state index in [1.807, 2.05) is 0 Å². The zero-order valence-electron chi connectivity index (χ0n) is 16.8. The molecular formula is C20H26ClNO6. The Balaban J connectivity index is 3.32. The number of pyridine rings is 1. The summed E-state index contributed by atoms with van der Waals surface area (Å²) in [6.07, 6.45) is 1.20. The molecule has 0 saturated carbocycles. The minimum atomic E-state index is -2.08. The fraction of sp³-hybridized carbons (Fsp3) is 0.550. The van der Waals surface area contributed by atoms with Gasteiger partial charge in [0.1, 0.15) is 10.8 Å². The quantitative estimate of drug-likeness (QED) is 0.265. The van der Waals surface area contributed by atoms with Gasteiger partial charge in [-0.3, -0.25) is 19.2 Å². The van der Waals surface area contributed by atoms with Crippen LogP contribution >= 0.6 is 11.6 Å². The Morgan fingerprint density at radius 2 is 1.82 bits per heavy atom. The Hall–Kier alpha value is -2.28. The van der Waals surface area contributed by atoms with Crippen molar-refractivity contribution in [2.24, 2.45) is 5.41 Å². The number of hydrogen-bond acceptors (Lipinski definition) is 7. The van der Waals surface area contributed by atoms with E-state index in [1.54, 1.807) is 27.7 Å². The van der Waals surface area contributed by atoms with Crippen LogP contribution in [0.4, 0.5) is 0 Å². The molecule has 1 unspecified atom stereocenters. The highest BCUT2D eigenvalue weighted by atomic mass is 35.5. The largest absolute Gasteiger partial charge is 0.466 e. The molecule has 7 nitrogen and oxygen atoms in total. The summed E-state index contributed by atoms with van der Waals surface area (Å²) in [5, 5.41) is 0.0546. The molecule has 1 heterocycles. The Morgan fingerprint density at radius 1 is 1.18 bits per heavy atom. The first-order valence-electron chi connectivity index (χ1n) is 9.00. The van der Waals surface area contributed by atoms with Crippen molar-refractivity contribution in [1.82, 2.24) is 4.98 Å². The molecule has 154 valence electrons. The lowest BCUT2D eigenvalue weighted by molar-refractivity contribution is -0.167. The third-order valence-electron chi connectivity index (χ3n) is 3.96. The molecule has 0 saturated heterocycles. The molecule has 1 rings (SSSR count). The second-order valence-electron chi connectivity index (χ2n) is 7.32. The number of halogens is 1. The van der Waals surface area contributed by atoms with Crippen molar-refractivity contribution in [2.75, 3.05) is 6.61 Å². The van der Waals surface area contributed by atoms with Crippen LogP contribution in [0.3, 0.4) is 0 Å². The Morgan fingerprint density at radius 3 is 2.32 bits per heavy atom. The van der Waals surface area contributed by atoms with Gasteiger partial charge in [-0.25, -0.2) is 4.98 Å². The molecule has 0 N–H and O–H groups in total. The Kier molecular flexibility index (Phi) is 8.29. The summed E-state index contributed by atoms with van der Waals surface area (Å²) in [6, 6.07) is 2.67. The van der Waals surface area contributed by atoms with E-state index in [4.69, 9.17) is 21.1 Å². The standard InChI is InChI=1S/C20H26ClNO6/c1-6-27-16(24)8-7-10-20(13(2)23,18(26)28-19(3,4)5)17(25)14-9-11-22-15(21)12-14/h9,11-12H,6-8,10H2,1-5H3. The van der Waals surface area contributed by atoms with E-state index in [9.17, 15) is 19.2 Å². The number of ether oxygens (including phenoxy) is 2. The fourth-order valence-corrected chi connectivity index (χ4v) is 2.85. The Bertz CT molecular complexity index is 755. The van der Waals surface area contributed by atoms with Crippen LogP contribution in [-0.4, -0.2) is 40.7 Å². The summed E-state index contributed by atoms with van der Waals surface area (Å²) in [6.45, 7) is 7.98. The van der Waals surface area contributed by atoms with Crippen molar-refractivity contribution < 1.29 is 28.7 Å². The van der Waals surface area contributed by atoms with Crippen molar-refractivity contribution in [3.63, 3.8) is 0 Å². The number of ketones is 2. The second kappa shape index (κ2) is 9.78. The van der Waals surface area contributed by atoms with E-state index < -0.39 is 34.5 Å². The first kappa shape index (κ1) is 23.8. The second-order valence-corrected chi connectivity index (χ2v) is 7.71. The van der Waals surface area contributed by atoms with Crippen LogP contribution in [0.25, 0.3) is 0 Å². The van der Waals surface area contributed by atoms with Gasteiger partial charge in [0.2, 0.25) is 0 Å². The smallest absolute Gasteiger partial charge is 0.328 e. The number of esters is 2. The van der Waals surface area contributed by atoms with Crippen molar-refractivity contribution in [3.05, 3.63) is 29.0 Å². The number of hydrogen-bond donors (Lipinski definition) is 0. The van der Waals surface area contributed by atoms with Gasteiger partial charge in [0, 0.05) is 18.2 Å². The lowest BCUT2D eigenvalue weighted by Gasteiger charge is -2.31. The SMILES string of the molecule is CCOC(=O)CCCC(C(C)=O)(C(=O)OC(C)(C)C)C(=O)c1ccnc(Cl)c1. The summed E-state index contributed by atoms with van der Waals surface area (Å²) >= 11 is 5.86. The minimum absolute atomic E-state index is 0.0317. The number of aromatic nitrogens is 1. The van der Waals surface area contributed by atoms with Crippen molar-refractivity contribution in [1.29, 1.82) is 0 Å². The molecule has 0 aromatic carbocycles. The van der Waals surface area contributed by atoms with Gasteiger partial charge in [-0.2, -0.15) is 0 Å². The van der Waals surface area contributed by atoms with Crippen LogP contribution in [0.15, 0.2) is 18.3 Å². The van der Waals surface area contributed by atoms with Crippen LogP contribution < -0.4 is 0 Å². The molecule has 1 aromatic rings. The molecule has 0 aliphatic heterocycles. The third kappa shape index (κ3) is 6.12. The van der Waals surface area contributed by atoms with Gasteiger partial charge in [-0.1, -0.05) is 11.6 Å². The monoisotopic (exact) mass is 411 g/mol. The fourth-order valence-electron chi connectivity index (χ4n) is 2.67.